The molecule has 0 bridgehead atoms. The van der Waals surface area contributed by atoms with Crippen LogP contribution in [0.2, 0.25) is 0 Å². The summed E-state index contributed by atoms with van der Waals surface area (Å²) in [6.07, 6.45) is 10.4. The Labute approximate surface area is 132 Å². The van der Waals surface area contributed by atoms with Crippen LogP contribution in [0.3, 0.4) is 0 Å². The Kier molecular flexibility index (Phi) is 7.76. The quantitative estimate of drug-likeness (QED) is 0.645. The predicted molar refractivity (Wildman–Crippen MR) is 91.3 cm³/mol. The third-order valence-electron chi connectivity index (χ3n) is 5.31. The SMILES string of the molecule is CCCCC(CC)CC(=O)NC1(C)CC(C)CC(CC)C1. The molecule has 0 radical (unpaired) electrons. The number of hydrogen-bond donors (Lipinski definition) is 1. The number of hydrogen-bond acceptors (Lipinski definition) is 1. The molecule has 0 aromatic rings. The van der Waals surface area contributed by atoms with Crippen molar-refractivity contribution in [3.8, 4) is 0 Å². The molecule has 4 unspecified atom stereocenters. The molecule has 1 N–H and O–H groups in total. The van der Waals surface area contributed by atoms with E-state index in [4.69, 9.17) is 0 Å². The summed E-state index contributed by atoms with van der Waals surface area (Å²) in [5.74, 6) is 2.36. The molecule has 0 aliphatic heterocycles. The number of carbonyl (C=O) groups is 1. The molecule has 0 spiro atoms. The largest absolute Gasteiger partial charge is 0.351 e. The highest BCUT2D eigenvalue weighted by Crippen LogP contribution is 2.37. The minimum atomic E-state index is 0.0263. The minimum Gasteiger partial charge on any atom is -0.351 e. The zero-order valence-corrected chi connectivity index (χ0v) is 15.0. The van der Waals surface area contributed by atoms with Crippen molar-refractivity contribution in [1.82, 2.24) is 5.32 Å². The summed E-state index contributed by atoms with van der Waals surface area (Å²) in [6.45, 7) is 11.3. The van der Waals surface area contributed by atoms with Crippen LogP contribution in [-0.2, 0) is 4.79 Å². The van der Waals surface area contributed by atoms with Gasteiger partial charge in [-0.05, 0) is 50.4 Å². The third kappa shape index (κ3) is 6.40. The second-order valence-corrected chi connectivity index (χ2v) is 7.75. The lowest BCUT2D eigenvalue weighted by Crippen LogP contribution is -2.51. The Morgan fingerprint density at radius 3 is 2.57 bits per heavy atom. The average molecular weight is 296 g/mol. The number of carbonyl (C=O) groups excluding carboxylic acids is 1. The van der Waals surface area contributed by atoms with Gasteiger partial charge >= 0.3 is 0 Å². The molecular formula is C19H37NO. The Balaban J connectivity index is 2.51. The first kappa shape index (κ1) is 18.5. The molecule has 1 fully saturated rings. The Bertz CT molecular complexity index is 315. The third-order valence-corrected chi connectivity index (χ3v) is 5.31. The van der Waals surface area contributed by atoms with Crippen LogP contribution in [0.5, 0.6) is 0 Å². The molecule has 4 atom stereocenters. The lowest BCUT2D eigenvalue weighted by Gasteiger charge is -2.42. The topological polar surface area (TPSA) is 29.1 Å². The van der Waals surface area contributed by atoms with Gasteiger partial charge in [0.15, 0.2) is 0 Å². The molecule has 1 rings (SSSR count). The minimum absolute atomic E-state index is 0.0263. The average Bonchev–Trinajstić information content (AvgIpc) is 2.41. The molecule has 1 saturated carbocycles. The highest BCUT2D eigenvalue weighted by Gasteiger charge is 2.36. The summed E-state index contributed by atoms with van der Waals surface area (Å²) in [7, 11) is 0. The van der Waals surface area contributed by atoms with Gasteiger partial charge < -0.3 is 5.32 Å². The van der Waals surface area contributed by atoms with Crippen LogP contribution >= 0.6 is 0 Å². The molecule has 0 heterocycles. The molecule has 0 aromatic heterocycles. The normalized spacial score (nSPS) is 30.9. The molecule has 1 amide bonds. The van der Waals surface area contributed by atoms with Crippen LogP contribution < -0.4 is 5.32 Å². The first-order valence-corrected chi connectivity index (χ1v) is 9.23. The summed E-state index contributed by atoms with van der Waals surface area (Å²) in [5, 5.41) is 3.39. The summed E-state index contributed by atoms with van der Waals surface area (Å²) in [4.78, 5) is 12.4. The van der Waals surface area contributed by atoms with E-state index in [1.165, 1.54) is 32.1 Å². The maximum atomic E-state index is 12.4. The van der Waals surface area contributed by atoms with E-state index in [0.29, 0.717) is 5.92 Å². The second kappa shape index (κ2) is 8.80. The smallest absolute Gasteiger partial charge is 0.220 e. The summed E-state index contributed by atoms with van der Waals surface area (Å²) >= 11 is 0. The van der Waals surface area contributed by atoms with Crippen LogP contribution in [0.4, 0.5) is 0 Å². The molecule has 1 aliphatic carbocycles. The highest BCUT2D eigenvalue weighted by atomic mass is 16.1. The van der Waals surface area contributed by atoms with Gasteiger partial charge in [-0.15, -0.1) is 0 Å². The van der Waals surface area contributed by atoms with Gasteiger partial charge in [0.2, 0.25) is 5.91 Å². The first-order chi connectivity index (χ1) is 9.92. The van der Waals surface area contributed by atoms with Crippen molar-refractivity contribution in [3.05, 3.63) is 0 Å². The van der Waals surface area contributed by atoms with Crippen molar-refractivity contribution in [2.24, 2.45) is 17.8 Å². The van der Waals surface area contributed by atoms with Gasteiger partial charge in [-0.2, -0.15) is 0 Å². The second-order valence-electron chi connectivity index (χ2n) is 7.75. The lowest BCUT2D eigenvalue weighted by molar-refractivity contribution is -0.124. The van der Waals surface area contributed by atoms with Gasteiger partial charge in [-0.1, -0.05) is 53.4 Å². The van der Waals surface area contributed by atoms with E-state index < -0.39 is 0 Å². The molecular weight excluding hydrogens is 258 g/mol. The van der Waals surface area contributed by atoms with E-state index in [1.807, 2.05) is 0 Å². The monoisotopic (exact) mass is 295 g/mol. The first-order valence-electron chi connectivity index (χ1n) is 9.23. The van der Waals surface area contributed by atoms with E-state index >= 15 is 0 Å². The molecule has 0 saturated heterocycles. The lowest BCUT2D eigenvalue weighted by atomic mass is 9.71. The molecule has 2 nitrogen and oxygen atoms in total. The standard InChI is InChI=1S/C19H37NO/c1-6-9-10-16(7-2)12-18(21)20-19(5)13-15(4)11-17(8-3)14-19/h15-17H,6-14H2,1-5H3,(H,20,21). The molecule has 21 heavy (non-hydrogen) atoms. The summed E-state index contributed by atoms with van der Waals surface area (Å²) in [6, 6.07) is 0. The highest BCUT2D eigenvalue weighted by molar-refractivity contribution is 5.77. The summed E-state index contributed by atoms with van der Waals surface area (Å²) < 4.78 is 0. The van der Waals surface area contributed by atoms with Gasteiger partial charge in [0.05, 0.1) is 0 Å². The van der Waals surface area contributed by atoms with Crippen LogP contribution in [0.15, 0.2) is 0 Å². The fraction of sp³-hybridized carbons (Fsp3) is 0.947. The van der Waals surface area contributed by atoms with Crippen molar-refractivity contribution in [1.29, 1.82) is 0 Å². The van der Waals surface area contributed by atoms with Gasteiger partial charge in [-0.3, -0.25) is 4.79 Å². The van der Waals surface area contributed by atoms with E-state index in [-0.39, 0.29) is 11.4 Å². The Hall–Kier alpha value is -0.530. The maximum Gasteiger partial charge on any atom is 0.220 e. The van der Waals surface area contributed by atoms with Crippen molar-refractivity contribution in [2.45, 2.75) is 97.9 Å². The van der Waals surface area contributed by atoms with Gasteiger partial charge in [0.25, 0.3) is 0 Å². The number of amides is 1. The predicted octanol–water partition coefficient (Wildman–Crippen LogP) is 5.31. The van der Waals surface area contributed by atoms with Crippen LogP contribution in [0, 0.1) is 17.8 Å². The number of nitrogens with one attached hydrogen (secondary N) is 1. The Morgan fingerprint density at radius 2 is 2.00 bits per heavy atom. The zero-order chi connectivity index (χ0) is 15.9. The molecule has 124 valence electrons. The van der Waals surface area contributed by atoms with Crippen molar-refractivity contribution >= 4 is 5.91 Å². The zero-order valence-electron chi connectivity index (χ0n) is 15.0. The fourth-order valence-electron chi connectivity index (χ4n) is 4.23. The van der Waals surface area contributed by atoms with Gasteiger partial charge in [-0.25, -0.2) is 0 Å². The van der Waals surface area contributed by atoms with Crippen LogP contribution in [0.25, 0.3) is 0 Å². The van der Waals surface area contributed by atoms with E-state index in [9.17, 15) is 4.79 Å². The molecule has 0 aromatic carbocycles. The molecule has 2 heteroatoms. The van der Waals surface area contributed by atoms with Crippen molar-refractivity contribution in [3.63, 3.8) is 0 Å². The van der Waals surface area contributed by atoms with E-state index in [2.05, 4.69) is 39.9 Å². The van der Waals surface area contributed by atoms with Crippen molar-refractivity contribution < 1.29 is 4.79 Å². The van der Waals surface area contributed by atoms with E-state index in [1.54, 1.807) is 0 Å². The van der Waals surface area contributed by atoms with Gasteiger partial charge in [0.1, 0.15) is 0 Å². The van der Waals surface area contributed by atoms with Crippen LogP contribution in [0.1, 0.15) is 92.4 Å². The Morgan fingerprint density at radius 1 is 1.29 bits per heavy atom. The fourth-order valence-corrected chi connectivity index (χ4v) is 4.23. The van der Waals surface area contributed by atoms with Crippen LogP contribution in [-0.4, -0.2) is 11.4 Å². The summed E-state index contributed by atoms with van der Waals surface area (Å²) in [5.41, 5.74) is 0.0263. The number of unbranched alkanes of at least 4 members (excludes halogenated alkanes) is 1. The maximum absolute atomic E-state index is 12.4. The van der Waals surface area contributed by atoms with Crippen molar-refractivity contribution in [2.75, 3.05) is 0 Å². The van der Waals surface area contributed by atoms with E-state index in [0.717, 1.165) is 37.5 Å². The number of rotatable bonds is 8. The molecule has 1 aliphatic rings. The van der Waals surface area contributed by atoms with Gasteiger partial charge in [0, 0.05) is 12.0 Å².